The van der Waals surface area contributed by atoms with Gasteiger partial charge in [-0.25, -0.2) is 0 Å². The number of fused-ring (bicyclic) bond motifs is 1. The summed E-state index contributed by atoms with van der Waals surface area (Å²) in [6.45, 7) is 2.84. The molecule has 1 N–H and O–H groups in total. The summed E-state index contributed by atoms with van der Waals surface area (Å²) in [7, 11) is 0. The molecular formula is C22H21ClF3N3O3. The van der Waals surface area contributed by atoms with E-state index in [0.717, 1.165) is 17.7 Å². The van der Waals surface area contributed by atoms with Crippen LogP contribution < -0.4 is 10.2 Å². The van der Waals surface area contributed by atoms with E-state index in [0.29, 0.717) is 24.7 Å². The fourth-order valence-electron chi connectivity index (χ4n) is 3.94. The average molecular weight is 468 g/mol. The van der Waals surface area contributed by atoms with Gasteiger partial charge in [0.2, 0.25) is 11.8 Å². The van der Waals surface area contributed by atoms with Crippen LogP contribution >= 0.6 is 11.6 Å². The van der Waals surface area contributed by atoms with Gasteiger partial charge in [-0.15, -0.1) is 0 Å². The summed E-state index contributed by atoms with van der Waals surface area (Å²) in [5, 5.41) is 3.04. The van der Waals surface area contributed by atoms with E-state index in [1.54, 1.807) is 19.1 Å². The number of ether oxygens (including phenoxy) is 1. The van der Waals surface area contributed by atoms with Gasteiger partial charge >= 0.3 is 6.18 Å². The molecule has 2 unspecified atom stereocenters. The second-order valence-corrected chi connectivity index (χ2v) is 8.22. The Kier molecular flexibility index (Phi) is 6.15. The molecule has 2 aromatic rings. The standard InChI is InChI=1S/C22H21ClF3N3O3/c1-13(28-8-9-32-19(11-28)14-2-5-16(23)6-3-14)21(31)29-12-20(30)27-17-10-15(22(24,25)26)4-7-18(17)29/h2-7,10,13,19H,8-9,11-12H2,1H3,(H,27,30). The Morgan fingerprint density at radius 2 is 1.94 bits per heavy atom. The quantitative estimate of drug-likeness (QED) is 0.738. The van der Waals surface area contributed by atoms with Crippen LogP contribution in [0.2, 0.25) is 5.02 Å². The zero-order valence-electron chi connectivity index (χ0n) is 17.2. The first-order valence-corrected chi connectivity index (χ1v) is 10.4. The van der Waals surface area contributed by atoms with Crippen LogP contribution in [0.4, 0.5) is 24.5 Å². The summed E-state index contributed by atoms with van der Waals surface area (Å²) in [4.78, 5) is 28.6. The maximum Gasteiger partial charge on any atom is 0.416 e. The highest BCUT2D eigenvalue weighted by Gasteiger charge is 2.37. The average Bonchev–Trinajstić information content (AvgIpc) is 2.77. The molecule has 170 valence electrons. The fraction of sp³-hybridized carbons (Fsp3) is 0.364. The first-order valence-electron chi connectivity index (χ1n) is 10.1. The van der Waals surface area contributed by atoms with Gasteiger partial charge in [0.05, 0.1) is 35.7 Å². The van der Waals surface area contributed by atoms with E-state index in [9.17, 15) is 22.8 Å². The molecule has 2 aliphatic rings. The number of benzene rings is 2. The molecule has 10 heteroatoms. The van der Waals surface area contributed by atoms with Gasteiger partial charge in [0.15, 0.2) is 0 Å². The molecule has 6 nitrogen and oxygen atoms in total. The highest BCUT2D eigenvalue weighted by atomic mass is 35.5. The maximum atomic E-state index is 13.3. The number of halogens is 4. The third-order valence-corrected chi connectivity index (χ3v) is 5.95. The van der Waals surface area contributed by atoms with Crippen LogP contribution in [-0.2, 0) is 20.5 Å². The Labute approximate surface area is 187 Å². The summed E-state index contributed by atoms with van der Waals surface area (Å²) in [5.74, 6) is -0.906. The molecule has 2 amide bonds. The van der Waals surface area contributed by atoms with Crippen molar-refractivity contribution in [2.75, 3.05) is 36.5 Å². The SMILES string of the molecule is CC(C(=O)N1CC(=O)Nc2cc(C(F)(F)F)ccc21)N1CCOC(c2ccc(Cl)cc2)C1. The molecular weight excluding hydrogens is 447 g/mol. The number of nitrogens with one attached hydrogen (secondary N) is 1. The third-order valence-electron chi connectivity index (χ3n) is 5.70. The smallest absolute Gasteiger partial charge is 0.371 e. The van der Waals surface area contributed by atoms with Crippen molar-refractivity contribution < 1.29 is 27.5 Å². The lowest BCUT2D eigenvalue weighted by Gasteiger charge is -2.39. The summed E-state index contributed by atoms with van der Waals surface area (Å²) in [6, 6.07) is 9.65. The number of carbonyl (C=O) groups excluding carboxylic acids is 2. The van der Waals surface area contributed by atoms with Gasteiger partial charge in [0.25, 0.3) is 0 Å². The number of anilines is 2. The molecule has 0 aliphatic carbocycles. The van der Waals surface area contributed by atoms with Gasteiger partial charge in [0, 0.05) is 18.1 Å². The molecule has 2 aromatic carbocycles. The first kappa shape index (κ1) is 22.6. The number of hydrogen-bond donors (Lipinski definition) is 1. The number of alkyl halides is 3. The number of morpholine rings is 1. The van der Waals surface area contributed by atoms with Crippen molar-refractivity contribution in [2.45, 2.75) is 25.2 Å². The molecule has 4 rings (SSSR count). The minimum absolute atomic E-state index is 0.0300. The maximum absolute atomic E-state index is 13.3. The minimum atomic E-state index is -4.55. The summed E-state index contributed by atoms with van der Waals surface area (Å²) >= 11 is 5.95. The van der Waals surface area contributed by atoms with Gasteiger partial charge in [-0.2, -0.15) is 13.2 Å². The largest absolute Gasteiger partial charge is 0.416 e. The molecule has 0 radical (unpaired) electrons. The van der Waals surface area contributed by atoms with Crippen molar-refractivity contribution in [3.8, 4) is 0 Å². The van der Waals surface area contributed by atoms with Crippen LogP contribution in [0, 0.1) is 0 Å². The van der Waals surface area contributed by atoms with Crippen molar-refractivity contribution >= 4 is 34.8 Å². The van der Waals surface area contributed by atoms with E-state index in [-0.39, 0.29) is 29.9 Å². The van der Waals surface area contributed by atoms with E-state index < -0.39 is 23.7 Å². The monoisotopic (exact) mass is 467 g/mol. The highest BCUT2D eigenvalue weighted by Crippen LogP contribution is 2.37. The zero-order valence-corrected chi connectivity index (χ0v) is 17.9. The van der Waals surface area contributed by atoms with Gasteiger partial charge in [0.1, 0.15) is 6.54 Å². The number of amides is 2. The molecule has 0 saturated carbocycles. The lowest BCUT2D eigenvalue weighted by atomic mass is 10.1. The van der Waals surface area contributed by atoms with E-state index in [4.69, 9.17) is 16.3 Å². The van der Waals surface area contributed by atoms with Crippen LogP contribution in [0.25, 0.3) is 0 Å². The molecule has 32 heavy (non-hydrogen) atoms. The Hall–Kier alpha value is -2.62. The number of nitrogens with zero attached hydrogens (tertiary/aromatic N) is 2. The summed E-state index contributed by atoms with van der Waals surface area (Å²) in [5.41, 5.74) is 0.258. The van der Waals surface area contributed by atoms with E-state index in [1.165, 1.54) is 11.0 Å². The van der Waals surface area contributed by atoms with Crippen LogP contribution in [0.1, 0.15) is 24.2 Å². The summed E-state index contributed by atoms with van der Waals surface area (Å²) < 4.78 is 45.0. The Bertz CT molecular complexity index is 1030. The topological polar surface area (TPSA) is 61.9 Å². The summed E-state index contributed by atoms with van der Waals surface area (Å²) in [6.07, 6.45) is -4.80. The van der Waals surface area contributed by atoms with Gasteiger partial charge < -0.3 is 10.1 Å². The van der Waals surface area contributed by atoms with Crippen LogP contribution in [0.3, 0.4) is 0 Å². The van der Waals surface area contributed by atoms with Crippen molar-refractivity contribution in [3.05, 3.63) is 58.6 Å². The molecule has 2 atom stereocenters. The van der Waals surface area contributed by atoms with E-state index in [2.05, 4.69) is 5.32 Å². The third kappa shape index (κ3) is 4.60. The lowest BCUT2D eigenvalue weighted by Crippen LogP contribution is -2.54. The molecule has 0 spiro atoms. The molecule has 2 heterocycles. The number of carbonyl (C=O) groups is 2. The highest BCUT2D eigenvalue weighted by molar-refractivity contribution is 6.30. The first-order chi connectivity index (χ1) is 15.1. The van der Waals surface area contributed by atoms with Gasteiger partial charge in [-0.1, -0.05) is 23.7 Å². The van der Waals surface area contributed by atoms with Crippen LogP contribution in [0.5, 0.6) is 0 Å². The predicted molar refractivity (Wildman–Crippen MR) is 114 cm³/mol. The molecule has 2 aliphatic heterocycles. The normalized spacial score (nSPS) is 20.5. The zero-order chi connectivity index (χ0) is 23.0. The molecule has 1 saturated heterocycles. The van der Waals surface area contributed by atoms with Crippen LogP contribution in [-0.4, -0.2) is 49.0 Å². The molecule has 1 fully saturated rings. The van der Waals surface area contributed by atoms with Crippen molar-refractivity contribution in [1.29, 1.82) is 0 Å². The van der Waals surface area contributed by atoms with E-state index >= 15 is 0 Å². The van der Waals surface area contributed by atoms with Crippen molar-refractivity contribution in [1.82, 2.24) is 4.90 Å². The molecule has 0 aromatic heterocycles. The lowest BCUT2D eigenvalue weighted by molar-refractivity contribution is -0.137. The van der Waals surface area contributed by atoms with Crippen molar-refractivity contribution in [2.24, 2.45) is 0 Å². The second-order valence-electron chi connectivity index (χ2n) is 7.78. The van der Waals surface area contributed by atoms with Crippen LogP contribution in [0.15, 0.2) is 42.5 Å². The number of hydrogen-bond acceptors (Lipinski definition) is 4. The predicted octanol–water partition coefficient (Wildman–Crippen LogP) is 4.11. The van der Waals surface area contributed by atoms with Crippen molar-refractivity contribution in [3.63, 3.8) is 0 Å². The Morgan fingerprint density at radius 1 is 1.22 bits per heavy atom. The fourth-order valence-corrected chi connectivity index (χ4v) is 4.07. The van der Waals surface area contributed by atoms with Gasteiger partial charge in [-0.3, -0.25) is 19.4 Å². The number of rotatable bonds is 3. The second kappa shape index (κ2) is 8.73. The van der Waals surface area contributed by atoms with E-state index in [1.807, 2.05) is 17.0 Å². The minimum Gasteiger partial charge on any atom is -0.371 e. The van der Waals surface area contributed by atoms with Gasteiger partial charge in [-0.05, 0) is 42.8 Å². The molecule has 0 bridgehead atoms. The Balaban J connectivity index is 1.54. The Morgan fingerprint density at radius 3 is 2.62 bits per heavy atom.